The van der Waals surface area contributed by atoms with Gasteiger partial charge in [0.1, 0.15) is 0 Å². The second-order valence-corrected chi connectivity index (χ2v) is 7.22. The fraction of sp³-hybridized carbons (Fsp3) is 0.0556. The lowest BCUT2D eigenvalue weighted by atomic mass is 10.1. The molecular formula is C18H16N4O3S. The Hall–Kier alpha value is -3.10. The molecular weight excluding hydrogens is 352 g/mol. The van der Waals surface area contributed by atoms with E-state index in [1.165, 1.54) is 12.1 Å². The predicted molar refractivity (Wildman–Crippen MR) is 96.4 cm³/mol. The highest BCUT2D eigenvalue weighted by Gasteiger charge is 2.16. The molecule has 0 radical (unpaired) electrons. The van der Waals surface area contributed by atoms with Gasteiger partial charge < -0.3 is 0 Å². The minimum absolute atomic E-state index is 0.0583. The second kappa shape index (κ2) is 7.42. The van der Waals surface area contributed by atoms with Crippen LogP contribution in [-0.4, -0.2) is 24.3 Å². The van der Waals surface area contributed by atoms with Crippen LogP contribution in [0, 0.1) is 6.92 Å². The Kier molecular flexibility index (Phi) is 5.06. The van der Waals surface area contributed by atoms with Crippen molar-refractivity contribution in [2.45, 2.75) is 11.8 Å². The van der Waals surface area contributed by atoms with Gasteiger partial charge in [0.15, 0.2) is 5.82 Å². The van der Waals surface area contributed by atoms with Crippen molar-refractivity contribution < 1.29 is 13.2 Å². The van der Waals surface area contributed by atoms with E-state index >= 15 is 0 Å². The summed E-state index contributed by atoms with van der Waals surface area (Å²) in [5.74, 6) is -0.0968. The molecule has 0 fully saturated rings. The molecule has 0 bridgehead atoms. The molecule has 2 N–H and O–H groups in total. The molecule has 0 aliphatic heterocycles. The van der Waals surface area contributed by atoms with Gasteiger partial charge in [-0.2, -0.15) is 0 Å². The maximum atomic E-state index is 12.4. The largest absolute Gasteiger partial charge is 0.273 e. The Morgan fingerprint density at radius 3 is 2.35 bits per heavy atom. The molecule has 1 heterocycles. The molecule has 3 aromatic rings. The maximum Gasteiger partial charge on any atom is 0.266 e. The van der Waals surface area contributed by atoms with E-state index in [0.29, 0.717) is 17.0 Å². The highest BCUT2D eigenvalue weighted by molar-refractivity contribution is 7.89. The molecule has 3 rings (SSSR count). The van der Waals surface area contributed by atoms with Crippen molar-refractivity contribution >= 4 is 15.9 Å². The van der Waals surface area contributed by atoms with Crippen molar-refractivity contribution in [1.82, 2.24) is 20.2 Å². The van der Waals surface area contributed by atoms with Crippen LogP contribution in [0.4, 0.5) is 0 Å². The zero-order valence-corrected chi connectivity index (χ0v) is 14.7. The summed E-state index contributed by atoms with van der Waals surface area (Å²) in [6.45, 7) is 1.83. The number of carbonyl (C=O) groups excluding carboxylic acids is 1. The van der Waals surface area contributed by atoms with Gasteiger partial charge in [-0.3, -0.25) is 10.2 Å². The number of hydrogen-bond donors (Lipinski definition) is 2. The molecule has 1 amide bonds. The lowest BCUT2D eigenvalue weighted by Gasteiger charge is -2.10. The van der Waals surface area contributed by atoms with E-state index in [1.807, 2.05) is 13.0 Å². The van der Waals surface area contributed by atoms with Gasteiger partial charge >= 0.3 is 0 Å². The molecule has 2 aromatic carbocycles. The zero-order valence-electron chi connectivity index (χ0n) is 13.9. The van der Waals surface area contributed by atoms with Crippen LogP contribution >= 0.6 is 0 Å². The average molecular weight is 368 g/mol. The van der Waals surface area contributed by atoms with Gasteiger partial charge in [-0.15, -0.1) is 4.83 Å². The van der Waals surface area contributed by atoms with Crippen LogP contribution in [0.3, 0.4) is 0 Å². The lowest BCUT2D eigenvalue weighted by Crippen LogP contribution is -2.41. The average Bonchev–Trinajstić information content (AvgIpc) is 2.67. The first-order valence-corrected chi connectivity index (χ1v) is 9.20. The molecule has 0 spiro atoms. The summed E-state index contributed by atoms with van der Waals surface area (Å²) in [6, 6.07) is 14.6. The lowest BCUT2D eigenvalue weighted by molar-refractivity contribution is 0.0945. The quantitative estimate of drug-likeness (QED) is 0.672. The molecule has 26 heavy (non-hydrogen) atoms. The van der Waals surface area contributed by atoms with Crippen LogP contribution in [0.5, 0.6) is 0 Å². The van der Waals surface area contributed by atoms with Crippen LogP contribution in [0.1, 0.15) is 15.9 Å². The third-order valence-electron chi connectivity index (χ3n) is 3.52. The van der Waals surface area contributed by atoms with Crippen LogP contribution in [0.2, 0.25) is 0 Å². The first-order valence-electron chi connectivity index (χ1n) is 7.72. The minimum Gasteiger partial charge on any atom is -0.273 e. The summed E-state index contributed by atoms with van der Waals surface area (Å²) in [5, 5.41) is 0. The van der Waals surface area contributed by atoms with E-state index in [2.05, 4.69) is 20.2 Å². The van der Waals surface area contributed by atoms with Crippen molar-refractivity contribution in [1.29, 1.82) is 0 Å². The van der Waals surface area contributed by atoms with E-state index in [-0.39, 0.29) is 4.90 Å². The van der Waals surface area contributed by atoms with Gasteiger partial charge in [-0.25, -0.2) is 18.4 Å². The highest BCUT2D eigenvalue weighted by Crippen LogP contribution is 2.18. The van der Waals surface area contributed by atoms with Crippen molar-refractivity contribution in [3.8, 4) is 11.4 Å². The smallest absolute Gasteiger partial charge is 0.266 e. The molecule has 8 heteroatoms. The summed E-state index contributed by atoms with van der Waals surface area (Å²) < 4.78 is 24.4. The van der Waals surface area contributed by atoms with Gasteiger partial charge in [-0.1, -0.05) is 18.2 Å². The fourth-order valence-corrected chi connectivity index (χ4v) is 3.20. The molecule has 0 atom stereocenters. The van der Waals surface area contributed by atoms with E-state index in [0.717, 1.165) is 5.56 Å². The van der Waals surface area contributed by atoms with E-state index in [9.17, 15) is 13.2 Å². The maximum absolute atomic E-state index is 12.4. The summed E-state index contributed by atoms with van der Waals surface area (Å²) >= 11 is 0. The zero-order chi connectivity index (χ0) is 18.6. The molecule has 0 saturated carbocycles. The third-order valence-corrected chi connectivity index (χ3v) is 4.78. The standard InChI is InChI=1S/C18H16N4O3S/c1-13-10-14(17-19-8-5-9-20-17)12-15(11-13)18(23)21-22-26(24,25)16-6-3-2-4-7-16/h2-12,22H,1H3,(H,21,23). The van der Waals surface area contributed by atoms with Crippen molar-refractivity contribution in [3.63, 3.8) is 0 Å². The molecule has 132 valence electrons. The number of hydrogen-bond acceptors (Lipinski definition) is 5. The number of nitrogens with one attached hydrogen (secondary N) is 2. The SMILES string of the molecule is Cc1cc(C(=O)NNS(=O)(=O)c2ccccc2)cc(-c2ncccn2)c1. The number of hydrazine groups is 1. The summed E-state index contributed by atoms with van der Waals surface area (Å²) in [7, 11) is -3.84. The first kappa shape index (κ1) is 17.7. The summed E-state index contributed by atoms with van der Waals surface area (Å²) in [5.41, 5.74) is 4.01. The normalized spacial score (nSPS) is 11.1. The monoisotopic (exact) mass is 368 g/mol. The molecule has 7 nitrogen and oxygen atoms in total. The van der Waals surface area contributed by atoms with Crippen molar-refractivity contribution in [3.05, 3.63) is 78.1 Å². The number of aryl methyl sites for hydroxylation is 1. The number of rotatable bonds is 5. The van der Waals surface area contributed by atoms with E-state index in [4.69, 9.17) is 0 Å². The van der Waals surface area contributed by atoms with Gasteiger partial charge in [0.2, 0.25) is 0 Å². The van der Waals surface area contributed by atoms with Gasteiger partial charge in [0.25, 0.3) is 15.9 Å². The first-order chi connectivity index (χ1) is 12.5. The van der Waals surface area contributed by atoms with Crippen molar-refractivity contribution in [2.75, 3.05) is 0 Å². The van der Waals surface area contributed by atoms with Gasteiger partial charge in [0.05, 0.1) is 4.90 Å². The van der Waals surface area contributed by atoms with Crippen LogP contribution in [0.15, 0.2) is 71.9 Å². The molecule has 0 aliphatic carbocycles. The second-order valence-electron chi connectivity index (χ2n) is 5.53. The number of benzene rings is 2. The van der Waals surface area contributed by atoms with E-state index in [1.54, 1.807) is 48.8 Å². The molecule has 0 saturated heterocycles. The summed E-state index contributed by atoms with van der Waals surface area (Å²) in [6.07, 6.45) is 3.22. The third kappa shape index (κ3) is 4.11. The summed E-state index contributed by atoms with van der Waals surface area (Å²) in [4.78, 5) is 22.9. The molecule has 0 unspecified atom stereocenters. The Morgan fingerprint density at radius 1 is 0.962 bits per heavy atom. The molecule has 1 aromatic heterocycles. The Morgan fingerprint density at radius 2 is 1.65 bits per heavy atom. The fourth-order valence-electron chi connectivity index (χ4n) is 2.34. The topological polar surface area (TPSA) is 101 Å². The number of sulfonamides is 1. The van der Waals surface area contributed by atoms with Crippen LogP contribution in [-0.2, 0) is 10.0 Å². The van der Waals surface area contributed by atoms with Gasteiger partial charge in [-0.05, 0) is 48.9 Å². The van der Waals surface area contributed by atoms with Crippen LogP contribution < -0.4 is 10.3 Å². The predicted octanol–water partition coefficient (Wildman–Crippen LogP) is 2.08. The minimum atomic E-state index is -3.84. The molecule has 0 aliphatic rings. The van der Waals surface area contributed by atoms with Crippen LogP contribution in [0.25, 0.3) is 11.4 Å². The van der Waals surface area contributed by atoms with E-state index < -0.39 is 15.9 Å². The van der Waals surface area contributed by atoms with Crippen molar-refractivity contribution in [2.24, 2.45) is 0 Å². The Bertz CT molecular complexity index is 1020. The number of carbonyl (C=O) groups is 1. The Labute approximate surface area is 151 Å². The Balaban J connectivity index is 1.79. The number of aromatic nitrogens is 2. The highest BCUT2D eigenvalue weighted by atomic mass is 32.2. The number of amides is 1. The number of nitrogens with zero attached hydrogens (tertiary/aromatic N) is 2. The van der Waals surface area contributed by atoms with Gasteiger partial charge in [0, 0.05) is 23.5 Å².